The molecule has 0 aliphatic carbocycles. The van der Waals surface area contributed by atoms with Crippen molar-refractivity contribution < 1.29 is 22.7 Å². The first-order chi connectivity index (χ1) is 12.7. The molecule has 0 spiro atoms. The number of hydrogen-bond acceptors (Lipinski definition) is 6. The van der Waals surface area contributed by atoms with Crippen LogP contribution >= 0.6 is 0 Å². The van der Waals surface area contributed by atoms with Gasteiger partial charge in [0.15, 0.2) is 0 Å². The van der Waals surface area contributed by atoms with Crippen molar-refractivity contribution in [3.05, 3.63) is 29.8 Å². The lowest BCUT2D eigenvalue weighted by atomic mass is 10.2. The van der Waals surface area contributed by atoms with E-state index in [0.29, 0.717) is 31.7 Å². The molecule has 1 atom stereocenters. The monoisotopic (exact) mass is 397 g/mol. The highest BCUT2D eigenvalue weighted by molar-refractivity contribution is 7.89. The molecule has 1 fully saturated rings. The Morgan fingerprint density at radius 3 is 2.15 bits per heavy atom. The normalized spacial score (nSPS) is 17.3. The van der Waals surface area contributed by atoms with Crippen LogP contribution in [0, 0.1) is 0 Å². The molecule has 1 aliphatic rings. The van der Waals surface area contributed by atoms with E-state index in [1.165, 1.54) is 28.6 Å². The first kappa shape index (κ1) is 21.3. The lowest BCUT2D eigenvalue weighted by Gasteiger charge is -2.37. The van der Waals surface area contributed by atoms with Crippen molar-refractivity contribution in [2.24, 2.45) is 0 Å². The van der Waals surface area contributed by atoms with Gasteiger partial charge in [0.25, 0.3) is 0 Å². The average molecular weight is 397 g/mol. The topological polar surface area (TPSA) is 87.2 Å². The van der Waals surface area contributed by atoms with Gasteiger partial charge in [-0.2, -0.15) is 4.31 Å². The fraction of sp³-hybridized carbons (Fsp3) is 0.556. The van der Waals surface area contributed by atoms with E-state index < -0.39 is 16.0 Å². The second-order valence-corrected chi connectivity index (χ2v) is 8.53. The minimum absolute atomic E-state index is 0.000797. The molecular weight excluding hydrogens is 370 g/mol. The molecule has 1 aromatic carbocycles. The third-order valence-corrected chi connectivity index (χ3v) is 6.54. The number of likely N-dealkylation sites (N-methyl/N-ethyl adjacent to an activating group) is 1. The van der Waals surface area contributed by atoms with Crippen molar-refractivity contribution in [3.63, 3.8) is 0 Å². The van der Waals surface area contributed by atoms with E-state index in [0.717, 1.165) is 0 Å². The number of carbonyl (C=O) groups is 2. The highest BCUT2D eigenvalue weighted by Crippen LogP contribution is 2.19. The minimum Gasteiger partial charge on any atom is -0.462 e. The van der Waals surface area contributed by atoms with Crippen LogP contribution < -0.4 is 0 Å². The number of esters is 1. The molecule has 1 aliphatic heterocycles. The summed E-state index contributed by atoms with van der Waals surface area (Å²) in [6.07, 6.45) is 0. The molecule has 0 saturated carbocycles. The van der Waals surface area contributed by atoms with Crippen LogP contribution in [0.2, 0.25) is 0 Å². The predicted molar refractivity (Wildman–Crippen MR) is 101 cm³/mol. The van der Waals surface area contributed by atoms with E-state index in [2.05, 4.69) is 0 Å². The van der Waals surface area contributed by atoms with Gasteiger partial charge in [0.05, 0.1) is 23.1 Å². The Kier molecular flexibility index (Phi) is 6.96. The third kappa shape index (κ3) is 4.85. The number of ether oxygens (including phenoxy) is 1. The van der Waals surface area contributed by atoms with E-state index in [1.54, 1.807) is 25.9 Å². The summed E-state index contributed by atoms with van der Waals surface area (Å²) >= 11 is 0. The second kappa shape index (κ2) is 8.81. The van der Waals surface area contributed by atoms with E-state index >= 15 is 0 Å². The molecule has 150 valence electrons. The van der Waals surface area contributed by atoms with Gasteiger partial charge in [-0.1, -0.05) is 0 Å². The second-order valence-electron chi connectivity index (χ2n) is 6.59. The fourth-order valence-electron chi connectivity index (χ4n) is 2.99. The van der Waals surface area contributed by atoms with Crippen molar-refractivity contribution in [2.75, 3.05) is 46.9 Å². The van der Waals surface area contributed by atoms with Gasteiger partial charge in [-0.3, -0.25) is 9.69 Å². The molecule has 2 rings (SSSR count). The summed E-state index contributed by atoms with van der Waals surface area (Å²) in [6.45, 7) is 5.41. The predicted octanol–water partition coefficient (Wildman–Crippen LogP) is 0.646. The van der Waals surface area contributed by atoms with Gasteiger partial charge in [0.1, 0.15) is 0 Å². The van der Waals surface area contributed by atoms with Gasteiger partial charge in [-0.15, -0.1) is 0 Å². The largest absolute Gasteiger partial charge is 0.462 e. The van der Waals surface area contributed by atoms with Gasteiger partial charge < -0.3 is 9.64 Å². The fourth-order valence-corrected chi connectivity index (χ4v) is 4.41. The van der Waals surface area contributed by atoms with E-state index in [-0.39, 0.29) is 23.5 Å². The number of piperazine rings is 1. The average Bonchev–Trinajstić information content (AvgIpc) is 2.67. The summed E-state index contributed by atoms with van der Waals surface area (Å²) in [7, 11) is -0.228. The van der Waals surface area contributed by atoms with Gasteiger partial charge in [-0.05, 0) is 38.1 Å². The summed E-state index contributed by atoms with van der Waals surface area (Å²) in [5, 5.41) is 0. The third-order valence-electron chi connectivity index (χ3n) is 4.62. The molecule has 0 aromatic heterocycles. The number of nitrogens with zero attached hydrogens (tertiary/aromatic N) is 3. The maximum atomic E-state index is 12.8. The first-order valence-corrected chi connectivity index (χ1v) is 10.3. The number of hydrogen-bond donors (Lipinski definition) is 0. The van der Waals surface area contributed by atoms with Gasteiger partial charge >= 0.3 is 5.97 Å². The molecule has 0 radical (unpaired) electrons. The Balaban J connectivity index is 2.04. The maximum Gasteiger partial charge on any atom is 0.338 e. The van der Waals surface area contributed by atoms with Crippen LogP contribution in [0.3, 0.4) is 0 Å². The molecule has 0 unspecified atom stereocenters. The lowest BCUT2D eigenvalue weighted by molar-refractivity contribution is -0.134. The molecule has 9 heteroatoms. The molecular formula is C18H27N3O5S. The smallest absolute Gasteiger partial charge is 0.338 e. The van der Waals surface area contributed by atoms with Crippen LogP contribution in [0.5, 0.6) is 0 Å². The summed E-state index contributed by atoms with van der Waals surface area (Å²) in [4.78, 5) is 27.4. The van der Waals surface area contributed by atoms with Crippen molar-refractivity contribution in [1.82, 2.24) is 14.1 Å². The molecule has 8 nitrogen and oxygen atoms in total. The maximum absolute atomic E-state index is 12.8. The zero-order valence-electron chi connectivity index (χ0n) is 16.2. The van der Waals surface area contributed by atoms with Crippen LogP contribution in [0.25, 0.3) is 0 Å². The van der Waals surface area contributed by atoms with Gasteiger partial charge in [-0.25, -0.2) is 13.2 Å². The first-order valence-electron chi connectivity index (χ1n) is 8.91. The summed E-state index contributed by atoms with van der Waals surface area (Å²) in [5.41, 5.74) is 0.316. The van der Waals surface area contributed by atoms with Crippen molar-refractivity contribution >= 4 is 21.9 Å². The van der Waals surface area contributed by atoms with E-state index in [1.807, 2.05) is 11.8 Å². The Morgan fingerprint density at radius 1 is 1.11 bits per heavy atom. The van der Waals surface area contributed by atoms with Crippen LogP contribution in [-0.4, -0.2) is 87.3 Å². The van der Waals surface area contributed by atoms with Crippen LogP contribution in [0.1, 0.15) is 24.2 Å². The highest BCUT2D eigenvalue weighted by Gasteiger charge is 2.32. The zero-order valence-corrected chi connectivity index (χ0v) is 17.0. The molecule has 1 heterocycles. The van der Waals surface area contributed by atoms with Gasteiger partial charge in [0, 0.05) is 40.3 Å². The van der Waals surface area contributed by atoms with Crippen LogP contribution in [0.4, 0.5) is 0 Å². The van der Waals surface area contributed by atoms with Crippen molar-refractivity contribution in [1.29, 1.82) is 0 Å². The number of rotatable bonds is 6. The Hall–Kier alpha value is -1.97. The molecule has 1 amide bonds. The summed E-state index contributed by atoms with van der Waals surface area (Å²) in [6, 6.07) is 5.48. The van der Waals surface area contributed by atoms with Gasteiger partial charge in [0.2, 0.25) is 15.9 Å². The molecule has 0 N–H and O–H groups in total. The van der Waals surface area contributed by atoms with E-state index in [9.17, 15) is 18.0 Å². The summed E-state index contributed by atoms with van der Waals surface area (Å²) < 4.78 is 32.0. The van der Waals surface area contributed by atoms with Crippen molar-refractivity contribution in [3.8, 4) is 0 Å². The SMILES string of the molecule is CCOC(=O)c1ccc(S(=O)(=O)N2CCN([C@@H](C)C(=O)N(C)C)CC2)cc1. The highest BCUT2D eigenvalue weighted by atomic mass is 32.2. The number of sulfonamides is 1. The number of amides is 1. The standard InChI is InChI=1S/C18H27N3O5S/c1-5-26-18(23)15-6-8-16(9-7-15)27(24,25)21-12-10-20(11-13-21)14(2)17(22)19(3)4/h6-9,14H,5,10-13H2,1-4H3/t14-/m0/s1. The molecule has 1 aromatic rings. The molecule has 1 saturated heterocycles. The lowest BCUT2D eigenvalue weighted by Crippen LogP contribution is -2.54. The molecule has 27 heavy (non-hydrogen) atoms. The summed E-state index contributed by atoms with van der Waals surface area (Å²) in [5.74, 6) is -0.476. The van der Waals surface area contributed by atoms with Crippen LogP contribution in [-0.2, 0) is 19.6 Å². The minimum atomic E-state index is -3.64. The van der Waals surface area contributed by atoms with Crippen molar-refractivity contribution in [2.45, 2.75) is 24.8 Å². The molecule has 0 bridgehead atoms. The Morgan fingerprint density at radius 2 is 1.67 bits per heavy atom. The number of benzene rings is 1. The number of carbonyl (C=O) groups excluding carboxylic acids is 2. The quantitative estimate of drug-likeness (QED) is 0.655. The Labute approximate surface area is 160 Å². The van der Waals surface area contributed by atoms with E-state index in [4.69, 9.17) is 4.74 Å². The Bertz CT molecular complexity index is 769. The van der Waals surface area contributed by atoms with Crippen LogP contribution in [0.15, 0.2) is 29.2 Å². The zero-order chi connectivity index (χ0) is 20.2.